The van der Waals surface area contributed by atoms with Gasteiger partial charge in [-0.3, -0.25) is 4.79 Å². The van der Waals surface area contributed by atoms with E-state index >= 15 is 0 Å². The Morgan fingerprint density at radius 3 is 2.92 bits per heavy atom. The highest BCUT2D eigenvalue weighted by Gasteiger charge is 2.13. The summed E-state index contributed by atoms with van der Waals surface area (Å²) in [6.45, 7) is 2.85. The van der Waals surface area contributed by atoms with E-state index in [1.54, 1.807) is 0 Å². The first-order valence-corrected chi connectivity index (χ1v) is 8.33. The van der Waals surface area contributed by atoms with Crippen molar-refractivity contribution in [3.8, 4) is 0 Å². The molecule has 2 N–H and O–H groups in total. The minimum Gasteiger partial charge on any atom is -0.385 e. The van der Waals surface area contributed by atoms with Crippen molar-refractivity contribution in [2.45, 2.75) is 25.8 Å². The molecule has 0 radical (unpaired) electrons. The van der Waals surface area contributed by atoms with Crippen molar-refractivity contribution in [2.24, 2.45) is 0 Å². The third kappa shape index (κ3) is 4.24. The molecular formula is C20H20F2N2O. The van der Waals surface area contributed by atoms with Crippen LogP contribution in [0.4, 0.5) is 14.5 Å². The number of aryl methyl sites for hydroxylation is 1. The van der Waals surface area contributed by atoms with Crippen LogP contribution in [0.15, 0.2) is 42.5 Å². The molecule has 1 unspecified atom stereocenters. The van der Waals surface area contributed by atoms with Crippen molar-refractivity contribution in [3.05, 3.63) is 70.8 Å². The largest absolute Gasteiger partial charge is 0.385 e. The summed E-state index contributed by atoms with van der Waals surface area (Å²) in [6, 6.07) is 9.08. The van der Waals surface area contributed by atoms with Gasteiger partial charge in [-0.05, 0) is 61.2 Å². The molecule has 1 aliphatic rings. The van der Waals surface area contributed by atoms with Gasteiger partial charge in [-0.25, -0.2) is 8.78 Å². The van der Waals surface area contributed by atoms with Crippen molar-refractivity contribution in [2.75, 3.05) is 11.9 Å². The van der Waals surface area contributed by atoms with E-state index in [0.717, 1.165) is 48.8 Å². The first kappa shape index (κ1) is 17.1. The van der Waals surface area contributed by atoms with Gasteiger partial charge in [0, 0.05) is 23.9 Å². The molecule has 0 spiro atoms. The van der Waals surface area contributed by atoms with Gasteiger partial charge in [0.05, 0.1) is 6.04 Å². The number of fused-ring (bicyclic) bond motifs is 1. The molecule has 3 rings (SSSR count). The molecule has 130 valence electrons. The predicted molar refractivity (Wildman–Crippen MR) is 95.2 cm³/mol. The first-order valence-electron chi connectivity index (χ1n) is 8.33. The van der Waals surface area contributed by atoms with Gasteiger partial charge in [0.2, 0.25) is 5.91 Å². The summed E-state index contributed by atoms with van der Waals surface area (Å²) in [5.74, 6) is -1.47. The van der Waals surface area contributed by atoms with Crippen LogP contribution in [0.2, 0.25) is 0 Å². The molecule has 0 saturated carbocycles. The Morgan fingerprint density at radius 1 is 1.24 bits per heavy atom. The standard InChI is InChI=1S/C20H20F2N2O/c1-13(15-5-4-14-3-2-10-23-19(14)12-15)24-20(25)9-6-16-11-17(21)7-8-18(16)22/h4-9,11-13,23H,2-3,10H2,1H3,(H,24,25). The molecule has 0 aromatic heterocycles. The second kappa shape index (κ2) is 7.47. The van der Waals surface area contributed by atoms with Gasteiger partial charge in [0.25, 0.3) is 0 Å². The van der Waals surface area contributed by atoms with Crippen LogP contribution in [0.5, 0.6) is 0 Å². The lowest BCUT2D eigenvalue weighted by atomic mass is 9.99. The Hall–Kier alpha value is -2.69. The Bertz CT molecular complexity index is 817. The zero-order valence-corrected chi connectivity index (χ0v) is 14.0. The fourth-order valence-corrected chi connectivity index (χ4v) is 2.90. The average Bonchev–Trinajstić information content (AvgIpc) is 2.62. The molecule has 1 amide bonds. The second-order valence-corrected chi connectivity index (χ2v) is 6.18. The van der Waals surface area contributed by atoms with Crippen LogP contribution in [0, 0.1) is 11.6 Å². The van der Waals surface area contributed by atoms with E-state index in [2.05, 4.69) is 22.8 Å². The van der Waals surface area contributed by atoms with Gasteiger partial charge in [0.1, 0.15) is 11.6 Å². The van der Waals surface area contributed by atoms with Gasteiger partial charge < -0.3 is 10.6 Å². The first-order chi connectivity index (χ1) is 12.0. The van der Waals surface area contributed by atoms with Gasteiger partial charge in [-0.2, -0.15) is 0 Å². The minimum atomic E-state index is -0.570. The predicted octanol–water partition coefficient (Wildman–Crippen LogP) is 4.21. The molecule has 0 bridgehead atoms. The number of amides is 1. The zero-order chi connectivity index (χ0) is 17.8. The maximum atomic E-state index is 13.6. The fourth-order valence-electron chi connectivity index (χ4n) is 2.90. The fraction of sp³-hybridized carbons (Fsp3) is 0.250. The van der Waals surface area contributed by atoms with Gasteiger partial charge >= 0.3 is 0 Å². The van der Waals surface area contributed by atoms with E-state index in [4.69, 9.17) is 0 Å². The van der Waals surface area contributed by atoms with Crippen LogP contribution in [-0.4, -0.2) is 12.5 Å². The van der Waals surface area contributed by atoms with E-state index in [0.29, 0.717) is 0 Å². The lowest BCUT2D eigenvalue weighted by molar-refractivity contribution is -0.117. The van der Waals surface area contributed by atoms with Crippen molar-refractivity contribution >= 4 is 17.7 Å². The molecular weight excluding hydrogens is 322 g/mol. The minimum absolute atomic E-state index is 0.0424. The summed E-state index contributed by atoms with van der Waals surface area (Å²) in [7, 11) is 0. The van der Waals surface area contributed by atoms with E-state index in [1.807, 2.05) is 13.0 Å². The number of carbonyl (C=O) groups excluding carboxylic acids is 1. The lowest BCUT2D eigenvalue weighted by Gasteiger charge is -2.21. The lowest BCUT2D eigenvalue weighted by Crippen LogP contribution is -2.25. The smallest absolute Gasteiger partial charge is 0.244 e. The summed E-state index contributed by atoms with van der Waals surface area (Å²) in [5.41, 5.74) is 3.44. The van der Waals surface area contributed by atoms with Crippen LogP contribution in [-0.2, 0) is 11.2 Å². The topological polar surface area (TPSA) is 41.1 Å². The van der Waals surface area contributed by atoms with Crippen LogP contribution in [0.25, 0.3) is 6.08 Å². The quantitative estimate of drug-likeness (QED) is 0.817. The van der Waals surface area contributed by atoms with E-state index < -0.39 is 11.6 Å². The summed E-state index contributed by atoms with van der Waals surface area (Å²) < 4.78 is 26.7. The maximum Gasteiger partial charge on any atom is 0.244 e. The summed E-state index contributed by atoms with van der Waals surface area (Å²) in [6.07, 6.45) is 4.67. The average molecular weight is 342 g/mol. The van der Waals surface area contributed by atoms with Gasteiger partial charge in [-0.1, -0.05) is 12.1 Å². The number of carbonyl (C=O) groups is 1. The Morgan fingerprint density at radius 2 is 2.08 bits per heavy atom. The molecule has 1 aliphatic heterocycles. The Labute approximate surface area is 145 Å². The highest BCUT2D eigenvalue weighted by Crippen LogP contribution is 2.25. The molecule has 0 aliphatic carbocycles. The molecule has 1 heterocycles. The van der Waals surface area contributed by atoms with Gasteiger partial charge in [-0.15, -0.1) is 0 Å². The number of halogens is 2. The van der Waals surface area contributed by atoms with Crippen LogP contribution < -0.4 is 10.6 Å². The van der Waals surface area contributed by atoms with Crippen molar-refractivity contribution in [1.29, 1.82) is 0 Å². The summed E-state index contributed by atoms with van der Waals surface area (Å²) in [4.78, 5) is 12.1. The Balaban J connectivity index is 1.66. The molecule has 5 heteroatoms. The second-order valence-electron chi connectivity index (χ2n) is 6.18. The molecule has 2 aromatic carbocycles. The molecule has 2 aromatic rings. The number of hydrogen-bond acceptors (Lipinski definition) is 2. The van der Waals surface area contributed by atoms with E-state index in [9.17, 15) is 13.6 Å². The SMILES string of the molecule is CC(NC(=O)C=Cc1cc(F)ccc1F)c1ccc2c(c1)NCCC2. The van der Waals surface area contributed by atoms with Crippen LogP contribution >= 0.6 is 0 Å². The van der Waals surface area contributed by atoms with E-state index in [1.165, 1.54) is 17.7 Å². The highest BCUT2D eigenvalue weighted by molar-refractivity contribution is 5.92. The molecule has 3 nitrogen and oxygen atoms in total. The highest BCUT2D eigenvalue weighted by atomic mass is 19.1. The van der Waals surface area contributed by atoms with Gasteiger partial charge in [0.15, 0.2) is 0 Å². The normalized spacial score (nSPS) is 14.7. The van der Waals surface area contributed by atoms with Crippen molar-refractivity contribution < 1.29 is 13.6 Å². The van der Waals surface area contributed by atoms with Crippen LogP contribution in [0.3, 0.4) is 0 Å². The Kier molecular flexibility index (Phi) is 5.12. The molecule has 0 saturated heterocycles. The zero-order valence-electron chi connectivity index (χ0n) is 14.0. The monoisotopic (exact) mass is 342 g/mol. The molecule has 25 heavy (non-hydrogen) atoms. The van der Waals surface area contributed by atoms with Crippen molar-refractivity contribution in [3.63, 3.8) is 0 Å². The number of hydrogen-bond donors (Lipinski definition) is 2. The third-order valence-electron chi connectivity index (χ3n) is 4.30. The number of anilines is 1. The third-order valence-corrected chi connectivity index (χ3v) is 4.30. The van der Waals surface area contributed by atoms with Crippen LogP contribution in [0.1, 0.15) is 36.1 Å². The van der Waals surface area contributed by atoms with E-state index in [-0.39, 0.29) is 17.5 Å². The summed E-state index contributed by atoms with van der Waals surface area (Å²) in [5, 5.41) is 6.20. The summed E-state index contributed by atoms with van der Waals surface area (Å²) >= 11 is 0. The molecule has 1 atom stereocenters. The number of benzene rings is 2. The number of rotatable bonds is 4. The van der Waals surface area contributed by atoms with Crippen molar-refractivity contribution in [1.82, 2.24) is 5.32 Å². The number of nitrogens with one attached hydrogen (secondary N) is 2. The molecule has 0 fully saturated rings. The maximum absolute atomic E-state index is 13.6.